The van der Waals surface area contributed by atoms with Crippen LogP contribution in [0.5, 0.6) is 0 Å². The SMILES string of the molecule is CC(C)c1ccc(N2CCC(C(=O)N(C)C3CC4CCC(C3)N4)C2=O)cc1. The Bertz CT molecular complexity index is 703. The fraction of sp³-hybridized carbons (Fsp3) is 0.636. The Morgan fingerprint density at radius 2 is 1.74 bits per heavy atom. The molecule has 3 fully saturated rings. The highest BCUT2D eigenvalue weighted by Crippen LogP contribution is 2.32. The van der Waals surface area contributed by atoms with E-state index in [4.69, 9.17) is 0 Å². The van der Waals surface area contributed by atoms with Gasteiger partial charge >= 0.3 is 0 Å². The van der Waals surface area contributed by atoms with E-state index in [0.717, 1.165) is 18.5 Å². The highest BCUT2D eigenvalue weighted by atomic mass is 16.2. The molecule has 1 N–H and O–H groups in total. The van der Waals surface area contributed by atoms with Crippen molar-refractivity contribution in [3.8, 4) is 0 Å². The second-order valence-electron chi connectivity index (χ2n) is 8.79. The van der Waals surface area contributed by atoms with Gasteiger partial charge in [0.25, 0.3) is 0 Å². The molecule has 1 aromatic carbocycles. The highest BCUT2D eigenvalue weighted by Gasteiger charge is 2.42. The molecule has 5 nitrogen and oxygen atoms in total. The third-order valence-corrected chi connectivity index (χ3v) is 6.72. The molecule has 0 saturated carbocycles. The number of rotatable bonds is 4. The lowest BCUT2D eigenvalue weighted by Gasteiger charge is -2.36. The number of anilines is 1. The van der Waals surface area contributed by atoms with Gasteiger partial charge < -0.3 is 15.1 Å². The zero-order valence-corrected chi connectivity index (χ0v) is 16.6. The van der Waals surface area contributed by atoms with E-state index in [1.54, 1.807) is 4.90 Å². The van der Waals surface area contributed by atoms with Crippen molar-refractivity contribution in [1.82, 2.24) is 10.2 Å². The van der Waals surface area contributed by atoms with Crippen molar-refractivity contribution >= 4 is 17.5 Å². The number of nitrogens with one attached hydrogen (secondary N) is 1. The molecule has 27 heavy (non-hydrogen) atoms. The fourth-order valence-corrected chi connectivity index (χ4v) is 4.97. The number of carbonyl (C=O) groups is 2. The minimum Gasteiger partial charge on any atom is -0.342 e. The smallest absolute Gasteiger partial charge is 0.239 e. The van der Waals surface area contributed by atoms with Gasteiger partial charge in [-0.2, -0.15) is 0 Å². The van der Waals surface area contributed by atoms with Crippen molar-refractivity contribution in [3.63, 3.8) is 0 Å². The molecular formula is C22H31N3O2. The second kappa shape index (κ2) is 7.27. The summed E-state index contributed by atoms with van der Waals surface area (Å²) in [5.41, 5.74) is 2.17. The van der Waals surface area contributed by atoms with Crippen LogP contribution >= 0.6 is 0 Å². The molecule has 3 heterocycles. The summed E-state index contributed by atoms with van der Waals surface area (Å²) in [6, 6.07) is 9.53. The number of nitrogens with zero attached hydrogens (tertiary/aromatic N) is 2. The zero-order chi connectivity index (χ0) is 19.1. The minimum atomic E-state index is -0.521. The molecule has 3 atom stereocenters. The molecule has 0 aliphatic carbocycles. The quantitative estimate of drug-likeness (QED) is 0.831. The average Bonchev–Trinajstić information content (AvgIpc) is 3.22. The molecule has 1 aromatic rings. The maximum atomic E-state index is 13.1. The second-order valence-corrected chi connectivity index (χ2v) is 8.79. The normalized spacial score (nSPS) is 30.2. The number of piperidine rings is 1. The predicted octanol–water partition coefficient (Wildman–Crippen LogP) is 2.90. The van der Waals surface area contributed by atoms with Crippen LogP contribution in [0.25, 0.3) is 0 Å². The maximum Gasteiger partial charge on any atom is 0.239 e. The van der Waals surface area contributed by atoms with Gasteiger partial charge in [0, 0.05) is 37.4 Å². The molecule has 3 unspecified atom stereocenters. The number of hydrogen-bond donors (Lipinski definition) is 1. The van der Waals surface area contributed by atoms with Crippen LogP contribution in [-0.4, -0.2) is 48.4 Å². The Kier molecular flexibility index (Phi) is 4.97. The fourth-order valence-electron chi connectivity index (χ4n) is 4.97. The Morgan fingerprint density at radius 3 is 2.33 bits per heavy atom. The average molecular weight is 370 g/mol. The molecule has 0 radical (unpaired) electrons. The van der Waals surface area contributed by atoms with E-state index in [0.29, 0.717) is 31.0 Å². The summed E-state index contributed by atoms with van der Waals surface area (Å²) < 4.78 is 0. The van der Waals surface area contributed by atoms with Gasteiger partial charge in [-0.3, -0.25) is 9.59 Å². The lowest BCUT2D eigenvalue weighted by molar-refractivity contribution is -0.141. The van der Waals surface area contributed by atoms with Crippen molar-refractivity contribution in [2.24, 2.45) is 5.92 Å². The molecule has 0 aromatic heterocycles. The van der Waals surface area contributed by atoms with E-state index in [-0.39, 0.29) is 17.9 Å². The third-order valence-electron chi connectivity index (χ3n) is 6.72. The first kappa shape index (κ1) is 18.5. The molecule has 3 aliphatic rings. The molecule has 3 aliphatic heterocycles. The maximum absolute atomic E-state index is 13.1. The van der Waals surface area contributed by atoms with E-state index in [1.807, 2.05) is 24.1 Å². The number of carbonyl (C=O) groups excluding carboxylic acids is 2. The van der Waals surface area contributed by atoms with Gasteiger partial charge in [0.2, 0.25) is 11.8 Å². The standard InChI is InChI=1S/C22H31N3O2/c1-14(2)15-4-8-18(9-5-15)25-11-10-20(22(25)27)21(26)24(3)19-12-16-6-7-17(13-19)23-16/h4-5,8-9,14,16-17,19-20,23H,6-7,10-13H2,1-3H3. The summed E-state index contributed by atoms with van der Waals surface area (Å²) >= 11 is 0. The first-order valence-electron chi connectivity index (χ1n) is 10.4. The van der Waals surface area contributed by atoms with Gasteiger partial charge in [0.1, 0.15) is 5.92 Å². The van der Waals surface area contributed by atoms with Crippen molar-refractivity contribution in [2.45, 2.75) is 70.0 Å². The van der Waals surface area contributed by atoms with E-state index in [9.17, 15) is 9.59 Å². The molecular weight excluding hydrogens is 338 g/mol. The summed E-state index contributed by atoms with van der Waals surface area (Å²) in [4.78, 5) is 29.7. The number of amides is 2. The van der Waals surface area contributed by atoms with Crippen LogP contribution in [0.15, 0.2) is 24.3 Å². The van der Waals surface area contributed by atoms with Gasteiger partial charge in [-0.25, -0.2) is 0 Å². The van der Waals surface area contributed by atoms with Crippen molar-refractivity contribution in [1.29, 1.82) is 0 Å². The van der Waals surface area contributed by atoms with Crippen LogP contribution in [0, 0.1) is 5.92 Å². The first-order chi connectivity index (χ1) is 12.9. The zero-order valence-electron chi connectivity index (χ0n) is 16.6. The van der Waals surface area contributed by atoms with Crippen LogP contribution in [0.2, 0.25) is 0 Å². The Balaban J connectivity index is 1.42. The number of hydrogen-bond acceptors (Lipinski definition) is 3. The van der Waals surface area contributed by atoms with Crippen LogP contribution in [-0.2, 0) is 9.59 Å². The third kappa shape index (κ3) is 3.49. The van der Waals surface area contributed by atoms with Crippen molar-refractivity contribution in [2.75, 3.05) is 18.5 Å². The molecule has 0 spiro atoms. The Labute approximate surface area is 162 Å². The summed E-state index contributed by atoms with van der Waals surface area (Å²) in [5.74, 6) is -0.0856. The van der Waals surface area contributed by atoms with Crippen LogP contribution in [0.3, 0.4) is 0 Å². The Morgan fingerprint density at radius 1 is 1.11 bits per heavy atom. The number of benzene rings is 1. The summed E-state index contributed by atoms with van der Waals surface area (Å²) in [7, 11) is 1.89. The molecule has 5 heteroatoms. The highest BCUT2D eigenvalue weighted by molar-refractivity contribution is 6.09. The summed E-state index contributed by atoms with van der Waals surface area (Å²) in [6.45, 7) is 4.95. The largest absolute Gasteiger partial charge is 0.342 e. The topological polar surface area (TPSA) is 52.7 Å². The van der Waals surface area contributed by atoms with Crippen molar-refractivity contribution in [3.05, 3.63) is 29.8 Å². The van der Waals surface area contributed by atoms with Gasteiger partial charge in [-0.05, 0) is 55.7 Å². The molecule has 146 valence electrons. The van der Waals surface area contributed by atoms with Gasteiger partial charge in [-0.15, -0.1) is 0 Å². The molecule has 2 amide bonds. The van der Waals surface area contributed by atoms with Crippen LogP contribution < -0.4 is 10.2 Å². The lowest BCUT2D eigenvalue weighted by Crippen LogP contribution is -2.50. The lowest BCUT2D eigenvalue weighted by atomic mass is 9.96. The summed E-state index contributed by atoms with van der Waals surface area (Å²) in [5, 5.41) is 3.62. The van der Waals surface area contributed by atoms with Gasteiger partial charge in [0.15, 0.2) is 0 Å². The van der Waals surface area contributed by atoms with Crippen LogP contribution in [0.1, 0.15) is 57.4 Å². The van der Waals surface area contributed by atoms with Gasteiger partial charge in [0.05, 0.1) is 0 Å². The predicted molar refractivity (Wildman–Crippen MR) is 107 cm³/mol. The molecule has 3 saturated heterocycles. The monoisotopic (exact) mass is 369 g/mol. The van der Waals surface area contributed by atoms with Crippen molar-refractivity contribution < 1.29 is 9.59 Å². The number of fused-ring (bicyclic) bond motifs is 2. The molecule has 2 bridgehead atoms. The van der Waals surface area contributed by atoms with E-state index in [1.165, 1.54) is 18.4 Å². The Hall–Kier alpha value is -1.88. The van der Waals surface area contributed by atoms with E-state index in [2.05, 4.69) is 31.3 Å². The van der Waals surface area contributed by atoms with E-state index >= 15 is 0 Å². The van der Waals surface area contributed by atoms with Gasteiger partial charge in [-0.1, -0.05) is 26.0 Å². The molecule has 4 rings (SSSR count). The minimum absolute atomic E-state index is 0.00704. The first-order valence-corrected chi connectivity index (χ1v) is 10.4. The van der Waals surface area contributed by atoms with Crippen LogP contribution in [0.4, 0.5) is 5.69 Å². The summed E-state index contributed by atoms with van der Waals surface area (Å²) in [6.07, 6.45) is 5.07. The van der Waals surface area contributed by atoms with E-state index < -0.39 is 5.92 Å².